The number of carbonyl (C=O) groups excluding carboxylic acids is 1. The number of halogens is 1. The highest BCUT2D eigenvalue weighted by molar-refractivity contribution is 9.10. The fourth-order valence-corrected chi connectivity index (χ4v) is 2.90. The van der Waals surface area contributed by atoms with Crippen LogP contribution in [0.2, 0.25) is 0 Å². The normalized spacial score (nSPS) is 14.0. The smallest absolute Gasteiger partial charge is 0.265 e. The summed E-state index contributed by atoms with van der Waals surface area (Å²) >= 11 is 3.45. The fourth-order valence-electron chi connectivity index (χ4n) is 2.31. The Balaban J connectivity index is 1.65. The number of amides is 1. The van der Waals surface area contributed by atoms with Crippen molar-refractivity contribution in [1.29, 1.82) is 0 Å². The van der Waals surface area contributed by atoms with Crippen LogP contribution in [0.15, 0.2) is 40.9 Å². The molecule has 1 atom stereocenters. The molecule has 0 fully saturated rings. The maximum absolute atomic E-state index is 12.3. The van der Waals surface area contributed by atoms with Crippen LogP contribution in [0.5, 0.6) is 17.2 Å². The minimum atomic E-state index is -0.641. The monoisotopic (exact) mass is 391 g/mol. The van der Waals surface area contributed by atoms with Crippen molar-refractivity contribution in [3.63, 3.8) is 0 Å². The molecule has 0 unspecified atom stereocenters. The van der Waals surface area contributed by atoms with Crippen LogP contribution >= 0.6 is 15.9 Å². The van der Waals surface area contributed by atoms with E-state index < -0.39 is 6.10 Å². The van der Waals surface area contributed by atoms with E-state index in [0.29, 0.717) is 36.1 Å². The third kappa shape index (κ3) is 3.82. The van der Waals surface area contributed by atoms with Crippen molar-refractivity contribution in [3.8, 4) is 17.2 Å². The quantitative estimate of drug-likeness (QED) is 0.857. The Bertz CT molecular complexity index is 763. The molecule has 126 valence electrons. The van der Waals surface area contributed by atoms with Gasteiger partial charge in [0.05, 0.1) is 4.47 Å². The topological polar surface area (TPSA) is 56.8 Å². The standard InChI is InChI=1S/C18H18BrNO4/c1-11-3-5-15(14(19)9-11)24-12(2)18(21)20-13-4-6-16-17(10-13)23-8-7-22-16/h3-6,9-10,12H,7-8H2,1-2H3,(H,20,21)/t12-/m1/s1. The fraction of sp³-hybridized carbons (Fsp3) is 0.278. The molecule has 1 N–H and O–H groups in total. The minimum Gasteiger partial charge on any atom is -0.486 e. The van der Waals surface area contributed by atoms with Gasteiger partial charge in [0.15, 0.2) is 17.6 Å². The summed E-state index contributed by atoms with van der Waals surface area (Å²) in [5, 5.41) is 2.83. The predicted octanol–water partition coefficient (Wildman–Crippen LogP) is 3.93. The average molecular weight is 392 g/mol. The lowest BCUT2D eigenvalue weighted by atomic mass is 10.2. The molecule has 1 aliphatic rings. The lowest BCUT2D eigenvalue weighted by Crippen LogP contribution is -2.30. The molecule has 5 nitrogen and oxygen atoms in total. The maximum atomic E-state index is 12.3. The zero-order valence-corrected chi connectivity index (χ0v) is 15.1. The number of fused-ring (bicyclic) bond motifs is 1. The highest BCUT2D eigenvalue weighted by atomic mass is 79.9. The van der Waals surface area contributed by atoms with Gasteiger partial charge in [-0.2, -0.15) is 0 Å². The summed E-state index contributed by atoms with van der Waals surface area (Å²) < 4.78 is 17.5. The Morgan fingerprint density at radius 2 is 1.92 bits per heavy atom. The number of ether oxygens (including phenoxy) is 3. The van der Waals surface area contributed by atoms with Crippen molar-refractivity contribution in [2.75, 3.05) is 18.5 Å². The van der Waals surface area contributed by atoms with Gasteiger partial charge in [0.1, 0.15) is 19.0 Å². The van der Waals surface area contributed by atoms with Crippen LogP contribution in [0.25, 0.3) is 0 Å². The van der Waals surface area contributed by atoms with Gasteiger partial charge >= 0.3 is 0 Å². The Morgan fingerprint density at radius 3 is 2.67 bits per heavy atom. The second kappa shape index (κ2) is 7.13. The molecule has 0 saturated heterocycles. The first-order chi connectivity index (χ1) is 11.5. The molecule has 1 amide bonds. The molecular weight excluding hydrogens is 374 g/mol. The van der Waals surface area contributed by atoms with Crippen molar-refractivity contribution in [1.82, 2.24) is 0 Å². The lowest BCUT2D eigenvalue weighted by molar-refractivity contribution is -0.122. The minimum absolute atomic E-state index is 0.237. The predicted molar refractivity (Wildman–Crippen MR) is 95.0 cm³/mol. The van der Waals surface area contributed by atoms with E-state index in [0.717, 1.165) is 10.0 Å². The zero-order valence-electron chi connectivity index (χ0n) is 13.5. The van der Waals surface area contributed by atoms with Crippen LogP contribution in [0.1, 0.15) is 12.5 Å². The van der Waals surface area contributed by atoms with E-state index in [2.05, 4.69) is 21.2 Å². The van der Waals surface area contributed by atoms with Gasteiger partial charge in [-0.15, -0.1) is 0 Å². The Kier molecular flexibility index (Phi) is 4.94. The second-order valence-electron chi connectivity index (χ2n) is 5.54. The van der Waals surface area contributed by atoms with E-state index in [-0.39, 0.29) is 5.91 Å². The van der Waals surface area contributed by atoms with Gasteiger partial charge in [-0.25, -0.2) is 0 Å². The number of hydrogen-bond acceptors (Lipinski definition) is 4. The van der Waals surface area contributed by atoms with E-state index >= 15 is 0 Å². The Morgan fingerprint density at radius 1 is 1.17 bits per heavy atom. The van der Waals surface area contributed by atoms with Crippen molar-refractivity contribution in [2.45, 2.75) is 20.0 Å². The first-order valence-electron chi connectivity index (χ1n) is 7.66. The molecule has 0 bridgehead atoms. The summed E-state index contributed by atoms with van der Waals surface area (Å²) in [6.45, 7) is 4.74. The van der Waals surface area contributed by atoms with Crippen LogP contribution in [-0.4, -0.2) is 25.2 Å². The molecule has 0 saturated carbocycles. The number of aryl methyl sites for hydroxylation is 1. The summed E-state index contributed by atoms with van der Waals surface area (Å²) in [7, 11) is 0. The molecule has 6 heteroatoms. The lowest BCUT2D eigenvalue weighted by Gasteiger charge is -2.20. The molecule has 2 aromatic carbocycles. The molecule has 1 aliphatic heterocycles. The van der Waals surface area contributed by atoms with Gasteiger partial charge in [-0.05, 0) is 59.6 Å². The van der Waals surface area contributed by atoms with Crippen molar-refractivity contribution in [2.24, 2.45) is 0 Å². The highest BCUT2D eigenvalue weighted by Crippen LogP contribution is 2.32. The summed E-state index contributed by atoms with van der Waals surface area (Å²) in [5.74, 6) is 1.71. The highest BCUT2D eigenvalue weighted by Gasteiger charge is 2.18. The van der Waals surface area contributed by atoms with E-state index in [9.17, 15) is 4.79 Å². The van der Waals surface area contributed by atoms with Crippen LogP contribution in [0, 0.1) is 6.92 Å². The van der Waals surface area contributed by atoms with Gasteiger partial charge in [0.2, 0.25) is 0 Å². The molecule has 0 aliphatic carbocycles. The number of anilines is 1. The third-order valence-electron chi connectivity index (χ3n) is 3.57. The number of hydrogen-bond donors (Lipinski definition) is 1. The van der Waals surface area contributed by atoms with E-state index in [1.54, 1.807) is 25.1 Å². The molecule has 0 aromatic heterocycles. The molecular formula is C18H18BrNO4. The van der Waals surface area contributed by atoms with Gasteiger partial charge in [0.25, 0.3) is 5.91 Å². The second-order valence-corrected chi connectivity index (χ2v) is 6.40. The molecule has 0 spiro atoms. The van der Waals surface area contributed by atoms with Gasteiger partial charge < -0.3 is 19.5 Å². The zero-order chi connectivity index (χ0) is 17.1. The molecule has 2 aromatic rings. The molecule has 3 rings (SSSR count). The number of nitrogens with one attached hydrogen (secondary N) is 1. The van der Waals surface area contributed by atoms with Crippen LogP contribution in [-0.2, 0) is 4.79 Å². The summed E-state index contributed by atoms with van der Waals surface area (Å²) in [6.07, 6.45) is -0.641. The first kappa shape index (κ1) is 16.6. The molecule has 1 heterocycles. The van der Waals surface area contributed by atoms with Crippen LogP contribution in [0.3, 0.4) is 0 Å². The molecule has 24 heavy (non-hydrogen) atoms. The summed E-state index contributed by atoms with van der Waals surface area (Å²) in [5.41, 5.74) is 1.75. The van der Waals surface area contributed by atoms with Crippen LogP contribution in [0.4, 0.5) is 5.69 Å². The van der Waals surface area contributed by atoms with Crippen molar-refractivity contribution in [3.05, 3.63) is 46.4 Å². The number of rotatable bonds is 4. The first-order valence-corrected chi connectivity index (χ1v) is 8.45. The Hall–Kier alpha value is -2.21. The van der Waals surface area contributed by atoms with Crippen LogP contribution < -0.4 is 19.5 Å². The van der Waals surface area contributed by atoms with Crippen molar-refractivity contribution < 1.29 is 19.0 Å². The van der Waals surface area contributed by atoms with Gasteiger partial charge in [-0.1, -0.05) is 6.07 Å². The number of benzene rings is 2. The average Bonchev–Trinajstić information content (AvgIpc) is 2.57. The summed E-state index contributed by atoms with van der Waals surface area (Å²) in [6, 6.07) is 11.0. The van der Waals surface area contributed by atoms with Crippen molar-refractivity contribution >= 4 is 27.5 Å². The third-order valence-corrected chi connectivity index (χ3v) is 4.19. The van der Waals surface area contributed by atoms with Gasteiger partial charge in [0, 0.05) is 11.8 Å². The SMILES string of the molecule is Cc1ccc(O[C@H](C)C(=O)Nc2ccc3c(c2)OCCO3)c(Br)c1. The van der Waals surface area contributed by atoms with E-state index in [1.807, 2.05) is 25.1 Å². The largest absolute Gasteiger partial charge is 0.486 e. The molecule has 0 radical (unpaired) electrons. The maximum Gasteiger partial charge on any atom is 0.265 e. The number of carbonyl (C=O) groups is 1. The Labute approximate surface area is 149 Å². The van der Waals surface area contributed by atoms with Gasteiger partial charge in [-0.3, -0.25) is 4.79 Å². The van der Waals surface area contributed by atoms with E-state index in [1.165, 1.54) is 0 Å². The summed E-state index contributed by atoms with van der Waals surface area (Å²) in [4.78, 5) is 12.3. The van der Waals surface area contributed by atoms with E-state index in [4.69, 9.17) is 14.2 Å².